The summed E-state index contributed by atoms with van der Waals surface area (Å²) < 4.78 is 11.8. The Kier molecular flexibility index (Phi) is 6.30. The van der Waals surface area contributed by atoms with Crippen LogP contribution in [0, 0.1) is 0 Å². The van der Waals surface area contributed by atoms with Crippen molar-refractivity contribution in [2.75, 3.05) is 13.2 Å². The van der Waals surface area contributed by atoms with E-state index in [1.807, 2.05) is 39.0 Å². The largest absolute Gasteiger partial charge is 0.490 e. The lowest BCUT2D eigenvalue weighted by Crippen LogP contribution is -2.25. The van der Waals surface area contributed by atoms with Gasteiger partial charge >= 0.3 is 0 Å². The van der Waals surface area contributed by atoms with Crippen molar-refractivity contribution < 1.29 is 14.3 Å². The van der Waals surface area contributed by atoms with Crippen LogP contribution < -0.4 is 14.8 Å². The van der Waals surface area contributed by atoms with Gasteiger partial charge in [0.2, 0.25) is 0 Å². The summed E-state index contributed by atoms with van der Waals surface area (Å²) in [6.45, 7) is 6.91. The molecule has 2 rings (SSSR count). The van der Waals surface area contributed by atoms with Crippen LogP contribution in [0.15, 0.2) is 30.3 Å². The lowest BCUT2D eigenvalue weighted by Gasteiger charge is -2.17. The van der Waals surface area contributed by atoms with Gasteiger partial charge < -0.3 is 14.8 Å². The molecule has 0 fully saturated rings. The number of hydrogen-bond acceptors (Lipinski definition) is 4. The number of carbonyl (C=O) groups excluding carboxylic acids is 1. The van der Waals surface area contributed by atoms with Crippen molar-refractivity contribution >= 4 is 28.8 Å². The molecular formula is C17H20ClNO3S. The number of ether oxygens (including phenoxy) is 2. The maximum absolute atomic E-state index is 12.2. The second-order valence-electron chi connectivity index (χ2n) is 4.87. The first-order chi connectivity index (χ1) is 11.0. The molecule has 1 amide bonds. The predicted octanol–water partition coefficient (Wildman–Crippen LogP) is 4.69. The van der Waals surface area contributed by atoms with E-state index in [0.717, 1.165) is 5.56 Å². The zero-order chi connectivity index (χ0) is 16.8. The molecule has 1 N–H and O–H groups in total. The summed E-state index contributed by atoms with van der Waals surface area (Å²) in [5, 5.41) is 2.96. The molecule has 6 heteroatoms. The fourth-order valence-corrected chi connectivity index (χ4v) is 3.07. The zero-order valence-electron chi connectivity index (χ0n) is 13.4. The summed E-state index contributed by atoms with van der Waals surface area (Å²) in [5.74, 6) is 1.26. The monoisotopic (exact) mass is 353 g/mol. The molecule has 2 aromatic rings. The topological polar surface area (TPSA) is 47.6 Å². The van der Waals surface area contributed by atoms with Crippen LogP contribution in [0.3, 0.4) is 0 Å². The molecule has 0 saturated carbocycles. The minimum Gasteiger partial charge on any atom is -0.490 e. The van der Waals surface area contributed by atoms with Gasteiger partial charge in [0.1, 0.15) is 0 Å². The van der Waals surface area contributed by atoms with Gasteiger partial charge in [-0.15, -0.1) is 11.3 Å². The average molecular weight is 354 g/mol. The van der Waals surface area contributed by atoms with Crippen molar-refractivity contribution in [3.8, 4) is 11.5 Å². The third-order valence-corrected chi connectivity index (χ3v) is 4.44. The molecule has 0 saturated heterocycles. The van der Waals surface area contributed by atoms with Crippen LogP contribution in [0.25, 0.3) is 0 Å². The average Bonchev–Trinajstić information content (AvgIpc) is 2.96. The van der Waals surface area contributed by atoms with Crippen LogP contribution in [0.2, 0.25) is 4.34 Å². The van der Waals surface area contributed by atoms with Gasteiger partial charge in [0, 0.05) is 0 Å². The molecule has 0 aliphatic rings. The third-order valence-electron chi connectivity index (χ3n) is 3.21. The normalized spacial score (nSPS) is 11.8. The standard InChI is InChI=1S/C17H20ClNO3S/c1-4-21-13-7-6-12(10-14(13)22-5-2)11(3)19-17(20)15-8-9-16(18)23-15/h6-11H,4-5H2,1-3H3,(H,19,20)/t11-/m1/s1. The minimum absolute atomic E-state index is 0.138. The van der Waals surface area contributed by atoms with E-state index in [1.165, 1.54) is 11.3 Å². The quantitative estimate of drug-likeness (QED) is 0.785. The second-order valence-corrected chi connectivity index (χ2v) is 6.59. The lowest BCUT2D eigenvalue weighted by atomic mass is 10.1. The number of thiophene rings is 1. The van der Waals surface area contributed by atoms with E-state index in [2.05, 4.69) is 5.32 Å². The van der Waals surface area contributed by atoms with Gasteiger partial charge in [-0.05, 0) is 50.6 Å². The van der Waals surface area contributed by atoms with Gasteiger partial charge in [0.15, 0.2) is 11.5 Å². The molecule has 0 aliphatic carbocycles. The van der Waals surface area contributed by atoms with Crippen LogP contribution >= 0.6 is 22.9 Å². The Morgan fingerprint density at radius 1 is 1.17 bits per heavy atom. The molecule has 0 unspecified atom stereocenters. The summed E-state index contributed by atoms with van der Waals surface area (Å²) >= 11 is 7.13. The lowest BCUT2D eigenvalue weighted by molar-refractivity contribution is 0.0944. The molecule has 1 atom stereocenters. The smallest absolute Gasteiger partial charge is 0.261 e. The van der Waals surface area contributed by atoms with Gasteiger partial charge in [-0.2, -0.15) is 0 Å². The van der Waals surface area contributed by atoms with Crippen LogP contribution in [0.4, 0.5) is 0 Å². The van der Waals surface area contributed by atoms with Gasteiger partial charge in [-0.1, -0.05) is 17.7 Å². The van der Waals surface area contributed by atoms with Crippen LogP contribution in [0.1, 0.15) is 42.0 Å². The summed E-state index contributed by atoms with van der Waals surface area (Å²) in [7, 11) is 0. The first kappa shape index (κ1) is 17.6. The Labute approximate surface area is 145 Å². The highest BCUT2D eigenvalue weighted by atomic mass is 35.5. The Bertz CT molecular complexity index is 672. The van der Waals surface area contributed by atoms with Crippen molar-refractivity contribution in [3.63, 3.8) is 0 Å². The van der Waals surface area contributed by atoms with Crippen LogP contribution in [-0.2, 0) is 0 Å². The van der Waals surface area contributed by atoms with Gasteiger partial charge in [0.05, 0.1) is 28.5 Å². The predicted molar refractivity (Wildman–Crippen MR) is 94.0 cm³/mol. The molecule has 1 aromatic heterocycles. The van der Waals surface area contributed by atoms with Crippen LogP contribution in [-0.4, -0.2) is 19.1 Å². The molecule has 1 aromatic carbocycles. The fraction of sp³-hybridized carbons (Fsp3) is 0.353. The molecule has 1 heterocycles. The molecule has 0 spiro atoms. The van der Waals surface area contributed by atoms with E-state index in [4.69, 9.17) is 21.1 Å². The van der Waals surface area contributed by atoms with Crippen LogP contribution in [0.5, 0.6) is 11.5 Å². The number of halogens is 1. The molecule has 4 nitrogen and oxygen atoms in total. The first-order valence-electron chi connectivity index (χ1n) is 7.50. The second kappa shape index (κ2) is 8.22. The Balaban J connectivity index is 2.13. The Hall–Kier alpha value is -1.72. The highest BCUT2D eigenvalue weighted by molar-refractivity contribution is 7.17. The molecule has 0 aliphatic heterocycles. The summed E-state index contributed by atoms with van der Waals surface area (Å²) in [6, 6.07) is 8.99. The van der Waals surface area contributed by atoms with Crippen molar-refractivity contribution in [1.29, 1.82) is 0 Å². The van der Waals surface area contributed by atoms with Gasteiger partial charge in [0.25, 0.3) is 5.91 Å². The van der Waals surface area contributed by atoms with E-state index in [9.17, 15) is 4.79 Å². The number of rotatable bonds is 7. The van der Waals surface area contributed by atoms with E-state index in [0.29, 0.717) is 33.9 Å². The van der Waals surface area contributed by atoms with Crippen molar-refractivity contribution in [2.24, 2.45) is 0 Å². The number of nitrogens with one attached hydrogen (secondary N) is 1. The Morgan fingerprint density at radius 3 is 2.48 bits per heavy atom. The van der Waals surface area contributed by atoms with Crippen molar-refractivity contribution in [2.45, 2.75) is 26.8 Å². The third kappa shape index (κ3) is 4.62. The Morgan fingerprint density at radius 2 is 1.87 bits per heavy atom. The van der Waals surface area contributed by atoms with E-state index in [-0.39, 0.29) is 11.9 Å². The molecule has 23 heavy (non-hydrogen) atoms. The maximum atomic E-state index is 12.2. The summed E-state index contributed by atoms with van der Waals surface area (Å²) in [6.07, 6.45) is 0. The highest BCUT2D eigenvalue weighted by Gasteiger charge is 2.15. The zero-order valence-corrected chi connectivity index (χ0v) is 15.0. The maximum Gasteiger partial charge on any atom is 0.261 e. The van der Waals surface area contributed by atoms with E-state index >= 15 is 0 Å². The SMILES string of the molecule is CCOc1ccc([C@@H](C)NC(=O)c2ccc(Cl)s2)cc1OCC. The summed E-state index contributed by atoms with van der Waals surface area (Å²) in [4.78, 5) is 12.8. The van der Waals surface area contributed by atoms with E-state index in [1.54, 1.807) is 12.1 Å². The highest BCUT2D eigenvalue weighted by Crippen LogP contribution is 2.31. The van der Waals surface area contributed by atoms with Gasteiger partial charge in [-0.25, -0.2) is 0 Å². The number of amides is 1. The minimum atomic E-state index is -0.154. The number of hydrogen-bond donors (Lipinski definition) is 1. The van der Waals surface area contributed by atoms with Gasteiger partial charge in [-0.3, -0.25) is 4.79 Å². The van der Waals surface area contributed by atoms with Crippen molar-refractivity contribution in [1.82, 2.24) is 5.32 Å². The summed E-state index contributed by atoms with van der Waals surface area (Å²) in [5.41, 5.74) is 0.952. The molecular weight excluding hydrogens is 334 g/mol. The first-order valence-corrected chi connectivity index (χ1v) is 8.70. The van der Waals surface area contributed by atoms with Crippen molar-refractivity contribution in [3.05, 3.63) is 45.1 Å². The van der Waals surface area contributed by atoms with E-state index < -0.39 is 0 Å². The molecule has 0 bridgehead atoms. The number of benzene rings is 1. The molecule has 124 valence electrons. The molecule has 0 radical (unpaired) electrons. The fourth-order valence-electron chi connectivity index (χ4n) is 2.12. The number of carbonyl (C=O) groups is 1.